The molecule has 1 N–H and O–H groups in total. The Morgan fingerprint density at radius 2 is 2.06 bits per heavy atom. The van der Waals surface area contributed by atoms with Gasteiger partial charge in [-0.3, -0.25) is 0 Å². The fourth-order valence-electron chi connectivity index (χ4n) is 3.51. The van der Waals surface area contributed by atoms with E-state index in [9.17, 15) is 9.50 Å². The Kier molecular flexibility index (Phi) is 2.87. The number of hydrogen-bond donors (Lipinski definition) is 1. The smallest absolute Gasteiger partial charge is 0.126 e. The van der Waals surface area contributed by atoms with Crippen LogP contribution in [0.2, 0.25) is 5.02 Å². The molecule has 0 bridgehead atoms. The third-order valence-corrected chi connectivity index (χ3v) is 4.59. The molecule has 1 nitrogen and oxygen atoms in total. The van der Waals surface area contributed by atoms with E-state index in [0.717, 1.165) is 0 Å². The van der Waals surface area contributed by atoms with Gasteiger partial charge in [-0.25, -0.2) is 4.39 Å². The summed E-state index contributed by atoms with van der Waals surface area (Å²) < 4.78 is 13.5. The summed E-state index contributed by atoms with van der Waals surface area (Å²) in [5.74, 6) is 1.54. The second kappa shape index (κ2) is 4.25. The molecule has 0 spiro atoms. The van der Waals surface area contributed by atoms with Crippen molar-refractivity contribution in [1.29, 1.82) is 0 Å². The van der Waals surface area contributed by atoms with E-state index in [1.165, 1.54) is 25.3 Å². The predicted molar refractivity (Wildman–Crippen MR) is 65.4 cm³/mol. The standard InChI is InChI=1S/C14H16ClFO/c15-9-4-5-12(16)8(6-9)7-13(17)14-10-2-1-3-11(10)14/h4-6,10-11,13-14,17H,1-3,7H2. The summed E-state index contributed by atoms with van der Waals surface area (Å²) in [4.78, 5) is 0. The van der Waals surface area contributed by atoms with E-state index in [4.69, 9.17) is 11.6 Å². The van der Waals surface area contributed by atoms with Crippen LogP contribution in [-0.4, -0.2) is 11.2 Å². The number of aliphatic hydroxyl groups is 1. The minimum Gasteiger partial charge on any atom is -0.392 e. The van der Waals surface area contributed by atoms with Crippen molar-refractivity contribution in [1.82, 2.24) is 0 Å². The zero-order valence-electron chi connectivity index (χ0n) is 9.57. The molecule has 3 atom stereocenters. The van der Waals surface area contributed by atoms with Crippen molar-refractivity contribution >= 4 is 11.6 Å². The third kappa shape index (κ3) is 2.09. The predicted octanol–water partition coefficient (Wildman–Crippen LogP) is 3.43. The van der Waals surface area contributed by atoms with Gasteiger partial charge in [0, 0.05) is 11.4 Å². The molecule has 92 valence electrons. The van der Waals surface area contributed by atoms with Crippen LogP contribution in [0.15, 0.2) is 18.2 Å². The van der Waals surface area contributed by atoms with Crippen LogP contribution in [0.1, 0.15) is 24.8 Å². The van der Waals surface area contributed by atoms with Crippen LogP contribution in [-0.2, 0) is 6.42 Å². The Balaban J connectivity index is 1.68. The van der Waals surface area contributed by atoms with E-state index < -0.39 is 6.10 Å². The van der Waals surface area contributed by atoms with Gasteiger partial charge in [0.15, 0.2) is 0 Å². The first-order valence-electron chi connectivity index (χ1n) is 6.29. The average molecular weight is 255 g/mol. The number of hydrogen-bond acceptors (Lipinski definition) is 1. The molecular formula is C14H16ClFO. The number of aliphatic hydroxyl groups excluding tert-OH is 1. The molecule has 2 fully saturated rings. The lowest BCUT2D eigenvalue weighted by Crippen LogP contribution is -2.17. The molecule has 0 heterocycles. The Hall–Kier alpha value is -0.600. The van der Waals surface area contributed by atoms with Gasteiger partial charge < -0.3 is 5.11 Å². The van der Waals surface area contributed by atoms with Gasteiger partial charge in [0.05, 0.1) is 6.10 Å². The van der Waals surface area contributed by atoms with Gasteiger partial charge in [-0.2, -0.15) is 0 Å². The first-order valence-corrected chi connectivity index (χ1v) is 6.66. The zero-order valence-corrected chi connectivity index (χ0v) is 10.3. The molecule has 2 aliphatic carbocycles. The third-order valence-electron chi connectivity index (χ3n) is 4.35. The molecule has 2 aliphatic rings. The van der Waals surface area contributed by atoms with E-state index in [1.54, 1.807) is 12.1 Å². The van der Waals surface area contributed by atoms with Gasteiger partial charge >= 0.3 is 0 Å². The van der Waals surface area contributed by atoms with Gasteiger partial charge in [0.25, 0.3) is 0 Å². The highest BCUT2D eigenvalue weighted by molar-refractivity contribution is 6.30. The fraction of sp³-hybridized carbons (Fsp3) is 0.571. The zero-order chi connectivity index (χ0) is 12.0. The molecule has 0 saturated heterocycles. The number of benzene rings is 1. The fourth-order valence-corrected chi connectivity index (χ4v) is 3.70. The van der Waals surface area contributed by atoms with Crippen LogP contribution in [0.3, 0.4) is 0 Å². The first-order chi connectivity index (χ1) is 8.16. The van der Waals surface area contributed by atoms with Crippen LogP contribution in [0.4, 0.5) is 4.39 Å². The lowest BCUT2D eigenvalue weighted by atomic mass is 9.99. The van der Waals surface area contributed by atoms with E-state index in [2.05, 4.69) is 0 Å². The molecule has 0 radical (unpaired) electrons. The minimum atomic E-state index is -0.404. The van der Waals surface area contributed by atoms with E-state index in [0.29, 0.717) is 34.8 Å². The minimum absolute atomic E-state index is 0.265. The average Bonchev–Trinajstić information content (AvgIpc) is 2.78. The lowest BCUT2D eigenvalue weighted by Gasteiger charge is -2.13. The number of fused-ring (bicyclic) bond motifs is 1. The second-order valence-electron chi connectivity index (χ2n) is 5.34. The van der Waals surface area contributed by atoms with Crippen molar-refractivity contribution in [2.45, 2.75) is 31.8 Å². The van der Waals surface area contributed by atoms with Gasteiger partial charge in [0.2, 0.25) is 0 Å². The highest BCUT2D eigenvalue weighted by Gasteiger charge is 2.55. The van der Waals surface area contributed by atoms with Crippen molar-refractivity contribution in [3.8, 4) is 0 Å². The largest absolute Gasteiger partial charge is 0.392 e. The molecular weight excluding hydrogens is 239 g/mol. The lowest BCUT2D eigenvalue weighted by molar-refractivity contribution is 0.134. The van der Waals surface area contributed by atoms with Crippen LogP contribution in [0.25, 0.3) is 0 Å². The van der Waals surface area contributed by atoms with E-state index >= 15 is 0 Å². The number of halogens is 2. The van der Waals surface area contributed by atoms with Crippen molar-refractivity contribution in [3.63, 3.8) is 0 Å². The molecule has 3 rings (SSSR count). The Bertz CT molecular complexity index is 424. The van der Waals surface area contributed by atoms with E-state index in [1.807, 2.05) is 0 Å². The van der Waals surface area contributed by atoms with Crippen molar-refractivity contribution in [2.24, 2.45) is 17.8 Å². The van der Waals surface area contributed by atoms with Crippen molar-refractivity contribution in [3.05, 3.63) is 34.6 Å². The topological polar surface area (TPSA) is 20.2 Å². The van der Waals surface area contributed by atoms with Gasteiger partial charge in [-0.05, 0) is 54.4 Å². The molecule has 3 unspecified atom stereocenters. The summed E-state index contributed by atoms with van der Waals surface area (Å²) >= 11 is 5.84. The summed E-state index contributed by atoms with van der Waals surface area (Å²) in [5, 5.41) is 10.7. The van der Waals surface area contributed by atoms with Gasteiger partial charge in [-0.1, -0.05) is 18.0 Å². The SMILES string of the molecule is OC(Cc1cc(Cl)ccc1F)C1C2CCCC21. The maximum Gasteiger partial charge on any atom is 0.126 e. The Labute approximate surface area is 106 Å². The molecule has 1 aromatic carbocycles. The monoisotopic (exact) mass is 254 g/mol. The summed E-state index contributed by atoms with van der Waals surface area (Å²) in [5.41, 5.74) is 0.537. The second-order valence-corrected chi connectivity index (χ2v) is 5.78. The summed E-state index contributed by atoms with van der Waals surface area (Å²) in [6.45, 7) is 0. The molecule has 1 aromatic rings. The van der Waals surface area contributed by atoms with E-state index in [-0.39, 0.29) is 5.82 Å². The molecule has 0 aliphatic heterocycles. The summed E-state index contributed by atoms with van der Waals surface area (Å²) in [6.07, 6.45) is 3.77. The number of rotatable bonds is 3. The van der Waals surface area contributed by atoms with Gasteiger partial charge in [-0.15, -0.1) is 0 Å². The van der Waals surface area contributed by atoms with Crippen molar-refractivity contribution in [2.75, 3.05) is 0 Å². The normalized spacial score (nSPS) is 32.3. The van der Waals surface area contributed by atoms with Gasteiger partial charge in [0.1, 0.15) is 5.82 Å². The summed E-state index contributed by atoms with van der Waals surface area (Å²) in [6, 6.07) is 4.54. The molecule has 3 heteroatoms. The van der Waals surface area contributed by atoms with Crippen LogP contribution in [0, 0.1) is 23.6 Å². The van der Waals surface area contributed by atoms with Crippen LogP contribution < -0.4 is 0 Å². The maximum absolute atomic E-state index is 13.5. The quantitative estimate of drug-likeness (QED) is 0.876. The highest BCUT2D eigenvalue weighted by Crippen LogP contribution is 2.59. The highest BCUT2D eigenvalue weighted by atomic mass is 35.5. The molecule has 0 aromatic heterocycles. The maximum atomic E-state index is 13.5. The molecule has 2 saturated carbocycles. The van der Waals surface area contributed by atoms with Crippen molar-refractivity contribution < 1.29 is 9.50 Å². The Morgan fingerprint density at radius 3 is 2.76 bits per heavy atom. The van der Waals surface area contributed by atoms with Crippen LogP contribution >= 0.6 is 11.6 Å². The molecule has 17 heavy (non-hydrogen) atoms. The first kappa shape index (κ1) is 11.5. The summed E-state index contributed by atoms with van der Waals surface area (Å²) in [7, 11) is 0. The molecule has 0 amide bonds. The Morgan fingerprint density at radius 1 is 1.35 bits per heavy atom. The van der Waals surface area contributed by atoms with Crippen LogP contribution in [0.5, 0.6) is 0 Å².